The van der Waals surface area contributed by atoms with Gasteiger partial charge in [0, 0.05) is 19.5 Å². The number of hydrogen-bond acceptors (Lipinski definition) is 4. The van der Waals surface area contributed by atoms with Crippen LogP contribution in [-0.4, -0.2) is 40.9 Å². The van der Waals surface area contributed by atoms with Gasteiger partial charge in [0.25, 0.3) is 0 Å². The monoisotopic (exact) mass is 159 g/mol. The number of hydrazine groups is 2. The van der Waals surface area contributed by atoms with Crippen molar-refractivity contribution in [2.75, 3.05) is 19.8 Å². The molecule has 1 saturated heterocycles. The van der Waals surface area contributed by atoms with E-state index in [1.54, 1.807) is 0 Å². The van der Waals surface area contributed by atoms with Crippen LogP contribution in [0.1, 0.15) is 13.3 Å². The molecule has 1 heterocycles. The summed E-state index contributed by atoms with van der Waals surface area (Å²) in [6.07, 6.45) is 0.474. The van der Waals surface area contributed by atoms with Crippen LogP contribution in [-0.2, 0) is 4.79 Å². The minimum absolute atomic E-state index is 0.0581. The SMILES string of the molecule is CCN1CCC(=O)N(CO)N1. The summed E-state index contributed by atoms with van der Waals surface area (Å²) in [4.78, 5) is 11.0. The number of aliphatic hydroxyl groups is 1. The number of aliphatic hydroxyl groups excluding tert-OH is 1. The summed E-state index contributed by atoms with van der Waals surface area (Å²) in [6, 6.07) is 0. The predicted molar refractivity (Wildman–Crippen MR) is 38.9 cm³/mol. The Bertz CT molecular complexity index is 151. The maximum atomic E-state index is 11.0. The van der Waals surface area contributed by atoms with Gasteiger partial charge in [-0.15, -0.1) is 0 Å². The lowest BCUT2D eigenvalue weighted by Crippen LogP contribution is -2.57. The van der Waals surface area contributed by atoms with E-state index in [2.05, 4.69) is 5.53 Å². The molecule has 0 radical (unpaired) electrons. The zero-order valence-electron chi connectivity index (χ0n) is 6.58. The van der Waals surface area contributed by atoms with E-state index in [1.807, 2.05) is 11.9 Å². The molecule has 0 aromatic rings. The minimum Gasteiger partial charge on any atom is -0.375 e. The van der Waals surface area contributed by atoms with E-state index >= 15 is 0 Å². The van der Waals surface area contributed by atoms with E-state index in [9.17, 15) is 4.79 Å². The van der Waals surface area contributed by atoms with Gasteiger partial charge in [0.2, 0.25) is 5.91 Å². The average Bonchev–Trinajstić information content (AvgIpc) is 2.05. The largest absolute Gasteiger partial charge is 0.375 e. The summed E-state index contributed by atoms with van der Waals surface area (Å²) in [7, 11) is 0. The Morgan fingerprint density at radius 1 is 1.73 bits per heavy atom. The van der Waals surface area contributed by atoms with E-state index in [0.29, 0.717) is 13.0 Å². The highest BCUT2D eigenvalue weighted by Crippen LogP contribution is 1.99. The normalized spacial score (nSPS) is 20.9. The molecule has 1 amide bonds. The second-order valence-electron chi connectivity index (χ2n) is 2.39. The zero-order valence-corrected chi connectivity index (χ0v) is 6.58. The summed E-state index contributed by atoms with van der Waals surface area (Å²) in [5.41, 5.74) is 2.77. The van der Waals surface area contributed by atoms with Gasteiger partial charge in [0.05, 0.1) is 0 Å². The van der Waals surface area contributed by atoms with Crippen LogP contribution in [0.15, 0.2) is 0 Å². The van der Waals surface area contributed by atoms with Crippen LogP contribution in [0.2, 0.25) is 0 Å². The second-order valence-corrected chi connectivity index (χ2v) is 2.39. The fourth-order valence-corrected chi connectivity index (χ4v) is 0.981. The zero-order chi connectivity index (χ0) is 8.27. The Labute approximate surface area is 65.5 Å². The Hall–Kier alpha value is -0.650. The van der Waals surface area contributed by atoms with E-state index in [4.69, 9.17) is 5.11 Å². The van der Waals surface area contributed by atoms with Crippen molar-refractivity contribution in [1.29, 1.82) is 0 Å². The third-order valence-corrected chi connectivity index (χ3v) is 1.68. The molecule has 1 aliphatic heterocycles. The number of nitrogens with one attached hydrogen (secondary N) is 1. The Morgan fingerprint density at radius 2 is 2.45 bits per heavy atom. The van der Waals surface area contributed by atoms with E-state index < -0.39 is 0 Å². The van der Waals surface area contributed by atoms with Gasteiger partial charge in [0.1, 0.15) is 6.73 Å². The van der Waals surface area contributed by atoms with Crippen LogP contribution in [0, 0.1) is 0 Å². The van der Waals surface area contributed by atoms with Gasteiger partial charge in [-0.05, 0) is 0 Å². The molecule has 1 fully saturated rings. The first-order valence-corrected chi connectivity index (χ1v) is 3.70. The number of hydrogen-bond donors (Lipinski definition) is 2. The summed E-state index contributed by atoms with van der Waals surface area (Å²) in [5.74, 6) is -0.0581. The second kappa shape index (κ2) is 3.66. The molecule has 0 aromatic heterocycles. The standard InChI is InChI=1S/C6H13N3O2/c1-2-8-4-3-6(11)9(5-10)7-8/h7,10H,2-5H2,1H3. The highest BCUT2D eigenvalue weighted by atomic mass is 16.3. The molecule has 0 bridgehead atoms. The number of carbonyl (C=O) groups is 1. The van der Waals surface area contributed by atoms with E-state index in [1.165, 1.54) is 5.01 Å². The topological polar surface area (TPSA) is 55.8 Å². The predicted octanol–water partition coefficient (Wildman–Crippen LogP) is -1.09. The lowest BCUT2D eigenvalue weighted by Gasteiger charge is -2.33. The molecule has 1 aliphatic rings. The first kappa shape index (κ1) is 8.45. The van der Waals surface area contributed by atoms with Crippen LogP contribution < -0.4 is 5.53 Å². The first-order valence-electron chi connectivity index (χ1n) is 3.70. The van der Waals surface area contributed by atoms with Crippen LogP contribution in [0.25, 0.3) is 0 Å². The van der Waals surface area contributed by atoms with Crippen molar-refractivity contribution < 1.29 is 9.90 Å². The third-order valence-electron chi connectivity index (χ3n) is 1.68. The molecule has 0 unspecified atom stereocenters. The van der Waals surface area contributed by atoms with Gasteiger partial charge in [0.15, 0.2) is 0 Å². The van der Waals surface area contributed by atoms with Gasteiger partial charge in [-0.2, -0.15) is 5.53 Å². The molecule has 0 saturated carbocycles. The number of nitrogens with zero attached hydrogens (tertiary/aromatic N) is 2. The maximum Gasteiger partial charge on any atom is 0.241 e. The highest BCUT2D eigenvalue weighted by Gasteiger charge is 2.20. The summed E-state index contributed by atoms with van der Waals surface area (Å²) >= 11 is 0. The van der Waals surface area contributed by atoms with Gasteiger partial charge >= 0.3 is 0 Å². The maximum absolute atomic E-state index is 11.0. The van der Waals surface area contributed by atoms with Crippen LogP contribution >= 0.6 is 0 Å². The van der Waals surface area contributed by atoms with Gasteiger partial charge in [-0.3, -0.25) is 4.79 Å². The molecule has 0 atom stereocenters. The summed E-state index contributed by atoms with van der Waals surface area (Å²) in [5, 5.41) is 11.8. The quantitative estimate of drug-likeness (QED) is 0.537. The van der Waals surface area contributed by atoms with Gasteiger partial charge < -0.3 is 5.11 Å². The number of rotatable bonds is 2. The fraction of sp³-hybridized carbons (Fsp3) is 0.833. The van der Waals surface area contributed by atoms with Gasteiger partial charge in [-0.1, -0.05) is 6.92 Å². The Kier molecular flexibility index (Phi) is 2.81. The molecule has 64 valence electrons. The molecule has 5 heteroatoms. The van der Waals surface area contributed by atoms with Crippen molar-refractivity contribution in [3.05, 3.63) is 0 Å². The fourth-order valence-electron chi connectivity index (χ4n) is 0.981. The third kappa shape index (κ3) is 1.89. The lowest BCUT2D eigenvalue weighted by molar-refractivity contribution is -0.154. The average molecular weight is 159 g/mol. The van der Waals surface area contributed by atoms with Crippen molar-refractivity contribution in [3.63, 3.8) is 0 Å². The van der Waals surface area contributed by atoms with Crippen molar-refractivity contribution in [2.24, 2.45) is 0 Å². The molecular formula is C6H13N3O2. The van der Waals surface area contributed by atoms with Crippen LogP contribution in [0.5, 0.6) is 0 Å². The molecule has 1 rings (SSSR count). The Balaban J connectivity index is 2.44. The molecular weight excluding hydrogens is 146 g/mol. The smallest absolute Gasteiger partial charge is 0.241 e. The Morgan fingerprint density at radius 3 is 3.00 bits per heavy atom. The molecule has 0 spiro atoms. The van der Waals surface area contributed by atoms with E-state index in [-0.39, 0.29) is 12.6 Å². The van der Waals surface area contributed by atoms with Crippen molar-refractivity contribution >= 4 is 5.91 Å². The van der Waals surface area contributed by atoms with E-state index in [0.717, 1.165) is 6.54 Å². The van der Waals surface area contributed by atoms with Crippen molar-refractivity contribution in [3.8, 4) is 0 Å². The van der Waals surface area contributed by atoms with Crippen LogP contribution in [0.4, 0.5) is 0 Å². The number of carbonyl (C=O) groups excluding carboxylic acids is 1. The minimum atomic E-state index is -0.269. The van der Waals surface area contributed by atoms with Gasteiger partial charge in [-0.25, -0.2) is 10.0 Å². The number of amides is 1. The molecule has 0 aliphatic carbocycles. The molecule has 2 N–H and O–H groups in total. The first-order chi connectivity index (χ1) is 5.27. The highest BCUT2D eigenvalue weighted by molar-refractivity contribution is 5.76. The van der Waals surface area contributed by atoms with Crippen LogP contribution in [0.3, 0.4) is 0 Å². The molecule has 0 aromatic carbocycles. The van der Waals surface area contributed by atoms with Crippen molar-refractivity contribution in [1.82, 2.24) is 15.6 Å². The summed E-state index contributed by atoms with van der Waals surface area (Å²) in [6.45, 7) is 3.25. The lowest BCUT2D eigenvalue weighted by atomic mass is 10.3. The summed E-state index contributed by atoms with van der Waals surface area (Å²) < 4.78 is 0. The van der Waals surface area contributed by atoms with Crippen molar-refractivity contribution in [2.45, 2.75) is 13.3 Å². The molecule has 5 nitrogen and oxygen atoms in total. The molecule has 11 heavy (non-hydrogen) atoms.